The van der Waals surface area contributed by atoms with Crippen LogP contribution in [0.15, 0.2) is 29.3 Å². The molecule has 1 heterocycles. The molecule has 0 aliphatic carbocycles. The minimum Gasteiger partial charge on any atom is -0.392 e. The van der Waals surface area contributed by atoms with E-state index in [0.29, 0.717) is 0 Å². The molecule has 0 amide bonds. The van der Waals surface area contributed by atoms with Crippen LogP contribution in [0.2, 0.25) is 0 Å². The van der Waals surface area contributed by atoms with Crippen molar-refractivity contribution in [3.05, 3.63) is 40.7 Å². The molecule has 1 aromatic carbocycles. The van der Waals surface area contributed by atoms with Gasteiger partial charge in [-0.15, -0.1) is 0 Å². The van der Waals surface area contributed by atoms with Crippen molar-refractivity contribution in [2.75, 3.05) is 0 Å². The van der Waals surface area contributed by atoms with E-state index in [4.69, 9.17) is 0 Å². The fourth-order valence-corrected chi connectivity index (χ4v) is 1.57. The highest BCUT2D eigenvalue weighted by Crippen LogP contribution is 2.10. The molecule has 0 spiro atoms. The summed E-state index contributed by atoms with van der Waals surface area (Å²) in [7, 11) is 0. The molecule has 4 nitrogen and oxygen atoms in total. The highest BCUT2D eigenvalue weighted by molar-refractivity contribution is 5.77. The number of para-hydroxylation sites is 1. The van der Waals surface area contributed by atoms with Crippen molar-refractivity contribution >= 4 is 10.9 Å². The quantitative estimate of drug-likeness (QED) is 0.821. The fourth-order valence-electron chi connectivity index (χ4n) is 1.57. The molecule has 2 rings (SSSR count). The summed E-state index contributed by atoms with van der Waals surface area (Å²) in [5.41, 5.74) is -0.278. The lowest BCUT2D eigenvalue weighted by atomic mass is 10.2. The Morgan fingerprint density at radius 3 is 3.00 bits per heavy atom. The average molecular weight is 222 g/mol. The molecule has 1 aromatic heterocycles. The number of nitrogens with zero attached hydrogens (tertiary/aromatic N) is 2. The van der Waals surface area contributed by atoms with Gasteiger partial charge in [-0.25, -0.2) is 9.37 Å². The third-order valence-corrected chi connectivity index (χ3v) is 2.27. The van der Waals surface area contributed by atoms with E-state index in [-0.39, 0.29) is 23.0 Å². The van der Waals surface area contributed by atoms with E-state index in [0.717, 1.165) is 0 Å². The van der Waals surface area contributed by atoms with Crippen molar-refractivity contribution in [3.8, 4) is 0 Å². The first-order valence-electron chi connectivity index (χ1n) is 4.91. The predicted octanol–water partition coefficient (Wildman–Crippen LogP) is 0.916. The lowest BCUT2D eigenvalue weighted by molar-refractivity contribution is 0.172. The molecule has 0 aliphatic rings. The molecule has 0 unspecified atom stereocenters. The third kappa shape index (κ3) is 1.81. The normalized spacial score (nSPS) is 12.9. The van der Waals surface area contributed by atoms with Crippen molar-refractivity contribution in [2.24, 2.45) is 0 Å². The van der Waals surface area contributed by atoms with Crippen LogP contribution in [0, 0.1) is 5.82 Å². The Balaban J connectivity index is 2.66. The second kappa shape index (κ2) is 4.02. The summed E-state index contributed by atoms with van der Waals surface area (Å²) in [6.45, 7) is 1.72. The van der Waals surface area contributed by atoms with E-state index < -0.39 is 11.9 Å². The maximum absolute atomic E-state index is 13.3. The van der Waals surface area contributed by atoms with Gasteiger partial charge in [-0.2, -0.15) is 0 Å². The smallest absolute Gasteiger partial charge is 0.261 e. The van der Waals surface area contributed by atoms with Crippen LogP contribution in [0.1, 0.15) is 6.92 Å². The molecule has 84 valence electrons. The van der Waals surface area contributed by atoms with Crippen molar-refractivity contribution in [2.45, 2.75) is 19.6 Å². The largest absolute Gasteiger partial charge is 0.392 e. The van der Waals surface area contributed by atoms with Gasteiger partial charge >= 0.3 is 0 Å². The van der Waals surface area contributed by atoms with E-state index in [2.05, 4.69) is 4.98 Å². The van der Waals surface area contributed by atoms with Crippen molar-refractivity contribution < 1.29 is 9.50 Å². The van der Waals surface area contributed by atoms with Crippen LogP contribution in [0.4, 0.5) is 4.39 Å². The Morgan fingerprint density at radius 2 is 2.31 bits per heavy atom. The maximum Gasteiger partial charge on any atom is 0.261 e. The van der Waals surface area contributed by atoms with Crippen molar-refractivity contribution in [1.29, 1.82) is 0 Å². The summed E-state index contributed by atoms with van der Waals surface area (Å²) in [5.74, 6) is -0.515. The van der Waals surface area contributed by atoms with Crippen LogP contribution in [0.5, 0.6) is 0 Å². The van der Waals surface area contributed by atoms with E-state index in [1.54, 1.807) is 6.92 Å². The number of halogens is 1. The van der Waals surface area contributed by atoms with Gasteiger partial charge < -0.3 is 5.11 Å². The zero-order valence-corrected chi connectivity index (χ0v) is 8.72. The van der Waals surface area contributed by atoms with Crippen LogP contribution < -0.4 is 5.56 Å². The molecule has 16 heavy (non-hydrogen) atoms. The van der Waals surface area contributed by atoms with Crippen LogP contribution in [-0.4, -0.2) is 20.8 Å². The molecule has 5 heteroatoms. The van der Waals surface area contributed by atoms with Crippen molar-refractivity contribution in [1.82, 2.24) is 9.55 Å². The van der Waals surface area contributed by atoms with Crippen LogP contribution in [0.25, 0.3) is 10.9 Å². The Labute approximate surface area is 91.0 Å². The third-order valence-electron chi connectivity index (χ3n) is 2.27. The van der Waals surface area contributed by atoms with Crippen LogP contribution in [-0.2, 0) is 6.54 Å². The molecule has 1 atom stereocenters. The van der Waals surface area contributed by atoms with Gasteiger partial charge in [0.2, 0.25) is 0 Å². The number of aliphatic hydroxyl groups is 1. The molecule has 1 N–H and O–H groups in total. The minimum atomic E-state index is -0.648. The number of hydrogen-bond acceptors (Lipinski definition) is 3. The number of hydrogen-bond donors (Lipinski definition) is 1. The highest BCUT2D eigenvalue weighted by Gasteiger charge is 2.08. The molecule has 0 saturated carbocycles. The standard InChI is InChI=1S/C11H11FN2O2/c1-7(15)5-14-6-13-10-8(11(14)16)3-2-4-9(10)12/h2-4,6-7,15H,5H2,1H3/t7-/m1/s1. The number of fused-ring (bicyclic) bond motifs is 1. The Bertz CT molecular complexity index is 578. The van der Waals surface area contributed by atoms with Gasteiger partial charge in [0.15, 0.2) is 0 Å². The van der Waals surface area contributed by atoms with Gasteiger partial charge in [0.05, 0.1) is 24.4 Å². The van der Waals surface area contributed by atoms with E-state index in [9.17, 15) is 14.3 Å². The second-order valence-electron chi connectivity index (χ2n) is 3.69. The first kappa shape index (κ1) is 10.8. The van der Waals surface area contributed by atoms with Gasteiger partial charge in [0.1, 0.15) is 11.3 Å². The predicted molar refractivity (Wildman–Crippen MR) is 57.6 cm³/mol. The summed E-state index contributed by atoms with van der Waals surface area (Å²) in [5, 5.41) is 9.42. The summed E-state index contributed by atoms with van der Waals surface area (Å²) < 4.78 is 14.6. The lowest BCUT2D eigenvalue weighted by Crippen LogP contribution is -2.25. The van der Waals surface area contributed by atoms with Gasteiger partial charge in [0.25, 0.3) is 5.56 Å². The Hall–Kier alpha value is -1.75. The van der Waals surface area contributed by atoms with Gasteiger partial charge in [-0.05, 0) is 19.1 Å². The van der Waals surface area contributed by atoms with Crippen molar-refractivity contribution in [3.63, 3.8) is 0 Å². The second-order valence-corrected chi connectivity index (χ2v) is 3.69. The number of rotatable bonds is 2. The molecule has 0 radical (unpaired) electrons. The summed E-state index contributed by atoms with van der Waals surface area (Å²) in [6, 6.07) is 4.24. The molecular weight excluding hydrogens is 211 g/mol. The van der Waals surface area contributed by atoms with Crippen LogP contribution >= 0.6 is 0 Å². The molecule has 0 saturated heterocycles. The first-order valence-corrected chi connectivity index (χ1v) is 4.91. The zero-order chi connectivity index (χ0) is 11.7. The first-order chi connectivity index (χ1) is 7.59. The zero-order valence-electron chi connectivity index (χ0n) is 8.72. The molecular formula is C11H11FN2O2. The van der Waals surface area contributed by atoms with E-state index in [1.165, 1.54) is 29.1 Å². The highest BCUT2D eigenvalue weighted by atomic mass is 19.1. The summed E-state index contributed by atoms with van der Waals surface area (Å²) in [6.07, 6.45) is 0.603. The Kier molecular flexibility index (Phi) is 2.70. The van der Waals surface area contributed by atoms with E-state index >= 15 is 0 Å². The van der Waals surface area contributed by atoms with Gasteiger partial charge in [-0.3, -0.25) is 9.36 Å². The maximum atomic E-state index is 13.3. The number of aromatic nitrogens is 2. The Morgan fingerprint density at radius 1 is 1.56 bits per heavy atom. The molecule has 0 aliphatic heterocycles. The van der Waals surface area contributed by atoms with E-state index in [1.807, 2.05) is 0 Å². The molecule has 0 bridgehead atoms. The summed E-state index contributed by atoms with van der Waals surface area (Å²) in [4.78, 5) is 15.7. The van der Waals surface area contributed by atoms with Gasteiger partial charge in [0, 0.05) is 0 Å². The molecule has 2 aromatic rings. The molecule has 0 fully saturated rings. The minimum absolute atomic E-state index is 0.0642. The van der Waals surface area contributed by atoms with Crippen LogP contribution in [0.3, 0.4) is 0 Å². The average Bonchev–Trinajstić information content (AvgIpc) is 2.23. The topological polar surface area (TPSA) is 55.1 Å². The fraction of sp³-hybridized carbons (Fsp3) is 0.273. The number of benzene rings is 1. The lowest BCUT2D eigenvalue weighted by Gasteiger charge is -2.08. The number of aliphatic hydroxyl groups excluding tert-OH is 1. The van der Waals surface area contributed by atoms with Gasteiger partial charge in [-0.1, -0.05) is 6.07 Å². The monoisotopic (exact) mass is 222 g/mol. The summed E-state index contributed by atoms with van der Waals surface area (Å²) >= 11 is 0. The SMILES string of the molecule is C[C@@H](O)Cn1cnc2c(F)cccc2c1=O.